The highest BCUT2D eigenvalue weighted by atomic mass is 79.9. The molecule has 1 unspecified atom stereocenters. The molecule has 0 bridgehead atoms. The van der Waals surface area contributed by atoms with Gasteiger partial charge in [-0.2, -0.15) is 0 Å². The molecule has 1 aliphatic carbocycles. The zero-order valence-electron chi connectivity index (χ0n) is 10.9. The van der Waals surface area contributed by atoms with E-state index in [0.717, 1.165) is 28.9 Å². The maximum absolute atomic E-state index is 6.21. The number of pyridine rings is 1. The summed E-state index contributed by atoms with van der Waals surface area (Å²) in [4.78, 5) is 4.39. The van der Waals surface area contributed by atoms with Crippen molar-refractivity contribution in [3.05, 3.63) is 28.5 Å². The summed E-state index contributed by atoms with van der Waals surface area (Å²) in [5, 5.41) is 0. The Labute approximate surface area is 119 Å². The highest BCUT2D eigenvalue weighted by Crippen LogP contribution is 2.27. The third-order valence-electron chi connectivity index (χ3n) is 3.93. The first-order chi connectivity index (χ1) is 8.74. The summed E-state index contributed by atoms with van der Waals surface area (Å²) in [5.41, 5.74) is 7.32. The third kappa shape index (κ3) is 4.69. The number of rotatable bonds is 5. The molecule has 100 valence electrons. The Hall–Kier alpha value is -0.410. The zero-order valence-corrected chi connectivity index (χ0v) is 12.5. The van der Waals surface area contributed by atoms with E-state index < -0.39 is 0 Å². The summed E-state index contributed by atoms with van der Waals surface area (Å²) in [7, 11) is 0. The number of aromatic nitrogens is 1. The first-order valence-electron chi connectivity index (χ1n) is 7.10. The summed E-state index contributed by atoms with van der Waals surface area (Å²) in [6.45, 7) is 0. The standard InChI is InChI=1S/C15H23BrN2/c16-13-7-9-15(18-11-13)10-14(17)8-6-12-4-2-1-3-5-12/h7,9,11-12,14H,1-6,8,10,17H2. The zero-order chi connectivity index (χ0) is 12.8. The van der Waals surface area contributed by atoms with Crippen molar-refractivity contribution in [1.82, 2.24) is 4.98 Å². The molecule has 18 heavy (non-hydrogen) atoms. The Morgan fingerprint density at radius 3 is 2.72 bits per heavy atom. The largest absolute Gasteiger partial charge is 0.327 e. The van der Waals surface area contributed by atoms with Crippen LogP contribution in [0, 0.1) is 5.92 Å². The molecule has 1 aromatic heterocycles. The van der Waals surface area contributed by atoms with E-state index in [1.807, 2.05) is 12.3 Å². The van der Waals surface area contributed by atoms with Crippen LogP contribution >= 0.6 is 15.9 Å². The van der Waals surface area contributed by atoms with Gasteiger partial charge in [-0.3, -0.25) is 4.98 Å². The van der Waals surface area contributed by atoms with Gasteiger partial charge in [-0.15, -0.1) is 0 Å². The van der Waals surface area contributed by atoms with Gasteiger partial charge in [0.1, 0.15) is 0 Å². The van der Waals surface area contributed by atoms with Gasteiger partial charge in [0.05, 0.1) is 0 Å². The molecule has 1 heterocycles. The molecule has 1 atom stereocenters. The average Bonchev–Trinajstić information content (AvgIpc) is 2.40. The molecule has 0 aliphatic heterocycles. The highest BCUT2D eigenvalue weighted by Gasteiger charge is 2.15. The lowest BCUT2D eigenvalue weighted by Gasteiger charge is -2.22. The average molecular weight is 311 g/mol. The minimum Gasteiger partial charge on any atom is -0.327 e. The van der Waals surface area contributed by atoms with E-state index >= 15 is 0 Å². The van der Waals surface area contributed by atoms with Gasteiger partial charge in [0, 0.05) is 28.8 Å². The molecule has 0 spiro atoms. The molecule has 1 fully saturated rings. The van der Waals surface area contributed by atoms with Crippen LogP contribution in [0.25, 0.3) is 0 Å². The van der Waals surface area contributed by atoms with Gasteiger partial charge in [-0.05, 0) is 46.8 Å². The van der Waals surface area contributed by atoms with Crippen molar-refractivity contribution in [3.8, 4) is 0 Å². The van der Waals surface area contributed by atoms with Crippen LogP contribution in [0.3, 0.4) is 0 Å². The molecule has 3 heteroatoms. The second kappa shape index (κ2) is 7.25. The van der Waals surface area contributed by atoms with Crippen molar-refractivity contribution in [2.75, 3.05) is 0 Å². The number of nitrogens with zero attached hydrogens (tertiary/aromatic N) is 1. The molecular weight excluding hydrogens is 288 g/mol. The highest BCUT2D eigenvalue weighted by molar-refractivity contribution is 9.10. The third-order valence-corrected chi connectivity index (χ3v) is 4.40. The molecule has 0 aromatic carbocycles. The Kier molecular flexibility index (Phi) is 5.64. The summed E-state index contributed by atoms with van der Waals surface area (Å²) in [6, 6.07) is 4.36. The summed E-state index contributed by atoms with van der Waals surface area (Å²) in [6.07, 6.45) is 12.3. The molecule has 2 nitrogen and oxygen atoms in total. The smallest absolute Gasteiger partial charge is 0.0419 e. The van der Waals surface area contributed by atoms with Crippen LogP contribution in [0.15, 0.2) is 22.8 Å². The fourth-order valence-electron chi connectivity index (χ4n) is 2.82. The Morgan fingerprint density at radius 1 is 1.28 bits per heavy atom. The predicted molar refractivity (Wildman–Crippen MR) is 79.4 cm³/mol. The van der Waals surface area contributed by atoms with Crippen molar-refractivity contribution < 1.29 is 0 Å². The number of hydrogen-bond acceptors (Lipinski definition) is 2. The van der Waals surface area contributed by atoms with E-state index in [1.54, 1.807) is 0 Å². The van der Waals surface area contributed by atoms with E-state index in [-0.39, 0.29) is 6.04 Å². The number of halogens is 1. The van der Waals surface area contributed by atoms with Gasteiger partial charge >= 0.3 is 0 Å². The van der Waals surface area contributed by atoms with Crippen molar-refractivity contribution in [2.45, 2.75) is 57.4 Å². The molecular formula is C15H23BrN2. The SMILES string of the molecule is NC(CCC1CCCCC1)Cc1ccc(Br)cn1. The summed E-state index contributed by atoms with van der Waals surface area (Å²) < 4.78 is 1.03. The molecule has 1 aromatic rings. The summed E-state index contributed by atoms with van der Waals surface area (Å²) in [5.74, 6) is 0.933. The maximum atomic E-state index is 6.21. The lowest BCUT2D eigenvalue weighted by molar-refractivity contribution is 0.322. The van der Waals surface area contributed by atoms with Gasteiger partial charge in [0.25, 0.3) is 0 Å². The van der Waals surface area contributed by atoms with Crippen molar-refractivity contribution in [2.24, 2.45) is 11.7 Å². The van der Waals surface area contributed by atoms with Gasteiger partial charge in [0.15, 0.2) is 0 Å². The van der Waals surface area contributed by atoms with E-state index in [4.69, 9.17) is 5.73 Å². The van der Waals surface area contributed by atoms with Gasteiger partial charge in [-0.25, -0.2) is 0 Å². The van der Waals surface area contributed by atoms with E-state index in [9.17, 15) is 0 Å². The second-order valence-electron chi connectivity index (χ2n) is 5.51. The lowest BCUT2D eigenvalue weighted by Crippen LogP contribution is -2.24. The molecule has 1 aliphatic rings. The van der Waals surface area contributed by atoms with Crippen molar-refractivity contribution >= 4 is 15.9 Å². The molecule has 1 saturated carbocycles. The summed E-state index contributed by atoms with van der Waals surface area (Å²) >= 11 is 3.40. The molecule has 2 rings (SSSR count). The fraction of sp³-hybridized carbons (Fsp3) is 0.667. The van der Waals surface area contributed by atoms with Crippen LogP contribution in [0.4, 0.5) is 0 Å². The van der Waals surface area contributed by atoms with Crippen LogP contribution in [0.1, 0.15) is 50.6 Å². The Bertz CT molecular complexity index is 344. The Balaban J connectivity index is 1.71. The van der Waals surface area contributed by atoms with Crippen LogP contribution in [-0.4, -0.2) is 11.0 Å². The molecule has 0 saturated heterocycles. The fourth-order valence-corrected chi connectivity index (χ4v) is 3.06. The van der Waals surface area contributed by atoms with Gasteiger partial charge < -0.3 is 5.73 Å². The predicted octanol–water partition coefficient (Wildman–Crippen LogP) is 4.07. The first kappa shape index (κ1) is 14.0. The van der Waals surface area contributed by atoms with Crippen LogP contribution in [0.2, 0.25) is 0 Å². The minimum atomic E-state index is 0.264. The first-order valence-corrected chi connectivity index (χ1v) is 7.89. The number of nitrogens with two attached hydrogens (primary N) is 1. The molecule has 2 N–H and O–H groups in total. The second-order valence-corrected chi connectivity index (χ2v) is 6.43. The minimum absolute atomic E-state index is 0.264. The quantitative estimate of drug-likeness (QED) is 0.890. The van der Waals surface area contributed by atoms with Gasteiger partial charge in [-0.1, -0.05) is 32.1 Å². The van der Waals surface area contributed by atoms with Crippen LogP contribution in [0.5, 0.6) is 0 Å². The number of hydrogen-bond donors (Lipinski definition) is 1. The van der Waals surface area contributed by atoms with Crippen LogP contribution in [-0.2, 0) is 6.42 Å². The normalized spacial score (nSPS) is 18.8. The van der Waals surface area contributed by atoms with Crippen molar-refractivity contribution in [1.29, 1.82) is 0 Å². The van der Waals surface area contributed by atoms with E-state index in [0.29, 0.717) is 0 Å². The Morgan fingerprint density at radius 2 is 2.06 bits per heavy atom. The lowest BCUT2D eigenvalue weighted by atomic mass is 9.85. The monoisotopic (exact) mass is 310 g/mol. The maximum Gasteiger partial charge on any atom is 0.0419 e. The van der Waals surface area contributed by atoms with E-state index in [1.165, 1.54) is 38.5 Å². The molecule has 0 amide bonds. The molecule has 0 radical (unpaired) electrons. The van der Waals surface area contributed by atoms with Crippen LogP contribution < -0.4 is 5.73 Å². The van der Waals surface area contributed by atoms with E-state index in [2.05, 4.69) is 27.0 Å². The topological polar surface area (TPSA) is 38.9 Å². The van der Waals surface area contributed by atoms with Crippen molar-refractivity contribution in [3.63, 3.8) is 0 Å². The van der Waals surface area contributed by atoms with Gasteiger partial charge in [0.2, 0.25) is 0 Å².